The van der Waals surface area contributed by atoms with E-state index in [0.29, 0.717) is 24.4 Å². The molecule has 2 saturated heterocycles. The van der Waals surface area contributed by atoms with Gasteiger partial charge in [0.05, 0.1) is 37.7 Å². The minimum absolute atomic E-state index is 0.0647. The first-order valence-electron chi connectivity index (χ1n) is 12.9. The molecule has 5 rings (SSSR count). The van der Waals surface area contributed by atoms with Gasteiger partial charge in [-0.25, -0.2) is 0 Å². The zero-order valence-corrected chi connectivity index (χ0v) is 22.3. The van der Waals surface area contributed by atoms with Crippen molar-refractivity contribution in [3.05, 3.63) is 96.1 Å². The Balaban J connectivity index is 1.82. The Morgan fingerprint density at radius 3 is 1.74 bits per heavy atom. The third-order valence-electron chi connectivity index (χ3n) is 7.98. The van der Waals surface area contributed by atoms with Crippen molar-refractivity contribution in [3.63, 3.8) is 0 Å². The molecule has 4 heterocycles. The van der Waals surface area contributed by atoms with E-state index in [1.807, 2.05) is 59.5 Å². The highest BCUT2D eigenvalue weighted by Crippen LogP contribution is 2.60. The number of methoxy groups -OCH3 is 2. The van der Waals surface area contributed by atoms with Gasteiger partial charge in [-0.05, 0) is 43.3 Å². The second-order valence-corrected chi connectivity index (χ2v) is 10.2. The summed E-state index contributed by atoms with van der Waals surface area (Å²) >= 11 is 0. The molecule has 202 valence electrons. The Hall–Kier alpha value is -3.95. The topological polar surface area (TPSA) is 102 Å². The van der Waals surface area contributed by atoms with Gasteiger partial charge in [-0.1, -0.05) is 42.5 Å². The first-order chi connectivity index (χ1) is 18.9. The Bertz CT molecular complexity index is 1260. The zero-order chi connectivity index (χ0) is 27.6. The van der Waals surface area contributed by atoms with E-state index in [-0.39, 0.29) is 13.1 Å². The minimum Gasteiger partial charge on any atom is -0.468 e. The lowest BCUT2D eigenvalue weighted by Gasteiger charge is -2.61. The molecule has 39 heavy (non-hydrogen) atoms. The number of aromatic nitrogens is 2. The lowest BCUT2D eigenvalue weighted by atomic mass is 9.54. The number of ether oxygens (including phenoxy) is 2. The standard InChI is InChI=1S/C30H32N4O5/c1-33-19-29(27(36)38-2)24(22-13-7-9-16-31-22)34(18-15-21-11-5-4-6-12-21)25(23-14-8-10-17-32-23)30(20-33,26(29)35)28(37)39-3/h4-14,16-17,24-25H,15,18-20H2,1-3H3/t24-,25+,29?,30?. The summed E-state index contributed by atoms with van der Waals surface area (Å²) in [6, 6.07) is 19.2. The van der Waals surface area contributed by atoms with Gasteiger partial charge in [0.25, 0.3) is 0 Å². The average molecular weight is 529 g/mol. The van der Waals surface area contributed by atoms with Crippen molar-refractivity contribution < 1.29 is 23.9 Å². The van der Waals surface area contributed by atoms with E-state index in [0.717, 1.165) is 5.56 Å². The molecule has 3 aromatic rings. The van der Waals surface area contributed by atoms with E-state index in [1.165, 1.54) is 14.2 Å². The molecule has 0 radical (unpaired) electrons. The second-order valence-electron chi connectivity index (χ2n) is 10.2. The van der Waals surface area contributed by atoms with Crippen molar-refractivity contribution in [1.29, 1.82) is 0 Å². The molecule has 2 aliphatic rings. The quantitative estimate of drug-likeness (QED) is 0.338. The van der Waals surface area contributed by atoms with Crippen LogP contribution >= 0.6 is 0 Å². The van der Waals surface area contributed by atoms with Gasteiger partial charge in [0.15, 0.2) is 16.6 Å². The Morgan fingerprint density at radius 2 is 1.31 bits per heavy atom. The highest BCUT2D eigenvalue weighted by molar-refractivity contribution is 6.17. The molecule has 2 bridgehead atoms. The van der Waals surface area contributed by atoms with Crippen LogP contribution in [0.5, 0.6) is 0 Å². The van der Waals surface area contributed by atoms with Crippen LogP contribution in [0.3, 0.4) is 0 Å². The molecule has 2 aromatic heterocycles. The maximum absolute atomic E-state index is 14.9. The van der Waals surface area contributed by atoms with Gasteiger partial charge in [0.2, 0.25) is 0 Å². The number of nitrogens with zero attached hydrogens (tertiary/aromatic N) is 4. The normalized spacial score (nSPS) is 27.1. The Morgan fingerprint density at radius 1 is 0.821 bits per heavy atom. The number of rotatable bonds is 7. The van der Waals surface area contributed by atoms with Gasteiger partial charge in [-0.3, -0.25) is 29.3 Å². The second kappa shape index (κ2) is 10.7. The molecule has 0 N–H and O–H groups in total. The highest BCUT2D eigenvalue weighted by Gasteiger charge is 2.75. The van der Waals surface area contributed by atoms with Crippen molar-refractivity contribution in [2.75, 3.05) is 40.9 Å². The largest absolute Gasteiger partial charge is 0.468 e. The van der Waals surface area contributed by atoms with Crippen LogP contribution in [-0.4, -0.2) is 78.4 Å². The van der Waals surface area contributed by atoms with Crippen molar-refractivity contribution in [3.8, 4) is 0 Å². The van der Waals surface area contributed by atoms with E-state index in [2.05, 4.69) is 14.9 Å². The van der Waals surface area contributed by atoms with Crippen molar-refractivity contribution in [1.82, 2.24) is 19.8 Å². The lowest BCUT2D eigenvalue weighted by Crippen LogP contribution is -2.75. The van der Waals surface area contributed by atoms with Crippen molar-refractivity contribution in [2.45, 2.75) is 18.5 Å². The van der Waals surface area contributed by atoms with Gasteiger partial charge >= 0.3 is 11.9 Å². The molecule has 9 nitrogen and oxygen atoms in total. The molecule has 0 amide bonds. The third kappa shape index (κ3) is 4.22. The van der Waals surface area contributed by atoms with Crippen molar-refractivity contribution in [2.24, 2.45) is 10.8 Å². The maximum atomic E-state index is 14.9. The summed E-state index contributed by atoms with van der Waals surface area (Å²) in [5.41, 5.74) is -1.30. The van der Waals surface area contributed by atoms with Crippen LogP contribution in [0.1, 0.15) is 29.0 Å². The minimum atomic E-state index is -1.73. The summed E-state index contributed by atoms with van der Waals surface area (Å²) in [4.78, 5) is 55.8. The fraction of sp³-hybridized carbons (Fsp3) is 0.367. The number of piperidine rings is 2. The number of fused-ring (bicyclic) bond motifs is 2. The van der Waals surface area contributed by atoms with E-state index in [4.69, 9.17) is 9.47 Å². The summed E-state index contributed by atoms with van der Waals surface area (Å²) in [7, 11) is 4.34. The molecule has 2 fully saturated rings. The molecule has 4 atom stereocenters. The fourth-order valence-electron chi connectivity index (χ4n) is 6.57. The molecule has 9 heteroatoms. The smallest absolute Gasteiger partial charge is 0.322 e. The number of esters is 2. The number of ketones is 1. The summed E-state index contributed by atoms with van der Waals surface area (Å²) in [6.07, 6.45) is 3.89. The number of carbonyl (C=O) groups excluding carboxylic acids is 3. The van der Waals surface area contributed by atoms with Gasteiger partial charge in [-0.15, -0.1) is 0 Å². The van der Waals surface area contributed by atoms with Gasteiger partial charge in [0.1, 0.15) is 0 Å². The van der Waals surface area contributed by atoms with Crippen LogP contribution in [0.4, 0.5) is 0 Å². The molecule has 2 unspecified atom stereocenters. The van der Waals surface area contributed by atoms with Gasteiger partial charge in [-0.2, -0.15) is 0 Å². The highest BCUT2D eigenvalue weighted by atomic mass is 16.5. The van der Waals surface area contributed by atoms with E-state index >= 15 is 0 Å². The summed E-state index contributed by atoms with van der Waals surface area (Å²) < 4.78 is 10.7. The van der Waals surface area contributed by atoms with Crippen LogP contribution in [0.25, 0.3) is 0 Å². The van der Waals surface area contributed by atoms with E-state index < -0.39 is 40.6 Å². The number of hydrogen-bond donors (Lipinski definition) is 0. The van der Waals surface area contributed by atoms with Crippen LogP contribution in [0.15, 0.2) is 79.1 Å². The average Bonchev–Trinajstić information content (AvgIpc) is 2.97. The number of benzene rings is 1. The number of carbonyl (C=O) groups is 3. The number of pyridine rings is 2. The number of hydrogen-bond acceptors (Lipinski definition) is 9. The number of likely N-dealkylation sites (tertiary alicyclic amines) is 2. The van der Waals surface area contributed by atoms with E-state index in [1.54, 1.807) is 31.6 Å². The van der Waals surface area contributed by atoms with Crippen LogP contribution in [0.2, 0.25) is 0 Å². The molecule has 0 saturated carbocycles. The maximum Gasteiger partial charge on any atom is 0.322 e. The molecular weight excluding hydrogens is 496 g/mol. The first kappa shape index (κ1) is 26.6. The van der Waals surface area contributed by atoms with Crippen LogP contribution in [-0.2, 0) is 30.3 Å². The molecule has 1 aromatic carbocycles. The summed E-state index contributed by atoms with van der Waals surface area (Å²) in [5, 5.41) is 0. The lowest BCUT2D eigenvalue weighted by molar-refractivity contribution is -0.204. The number of Topliss-reactive ketones (excluding diaryl/α,β-unsaturated/α-hetero) is 1. The molecule has 0 spiro atoms. The molecule has 0 aliphatic carbocycles. The van der Waals surface area contributed by atoms with Gasteiger partial charge in [0, 0.05) is 32.0 Å². The first-order valence-corrected chi connectivity index (χ1v) is 12.9. The predicted octanol–water partition coefficient (Wildman–Crippen LogP) is 2.65. The van der Waals surface area contributed by atoms with Gasteiger partial charge < -0.3 is 14.4 Å². The predicted molar refractivity (Wildman–Crippen MR) is 142 cm³/mol. The fourth-order valence-corrected chi connectivity index (χ4v) is 6.57. The monoisotopic (exact) mass is 528 g/mol. The van der Waals surface area contributed by atoms with Crippen LogP contribution in [0, 0.1) is 10.8 Å². The molecular formula is C30H32N4O5. The van der Waals surface area contributed by atoms with Crippen molar-refractivity contribution >= 4 is 17.7 Å². The Labute approximate surface area is 227 Å². The zero-order valence-electron chi connectivity index (χ0n) is 22.3. The Kier molecular flexibility index (Phi) is 7.29. The molecule has 2 aliphatic heterocycles. The summed E-state index contributed by atoms with van der Waals surface area (Å²) in [6.45, 7) is 0.547. The SMILES string of the molecule is COC(=O)C12CN(C)CC(C(=O)OC)(C1=O)[C@@H](c1ccccn1)N(CCc1ccccc1)[C@H]2c1ccccn1. The van der Waals surface area contributed by atoms with Crippen LogP contribution < -0.4 is 0 Å². The third-order valence-corrected chi connectivity index (χ3v) is 7.98. The summed E-state index contributed by atoms with van der Waals surface area (Å²) in [5.74, 6) is -1.92. The van der Waals surface area contributed by atoms with E-state index in [9.17, 15) is 14.4 Å².